The second kappa shape index (κ2) is 10.3. The van der Waals surface area contributed by atoms with Gasteiger partial charge >= 0.3 is 0 Å². The van der Waals surface area contributed by atoms with Crippen LogP contribution in [-0.2, 0) is 9.53 Å². The van der Waals surface area contributed by atoms with Crippen molar-refractivity contribution in [1.82, 2.24) is 10.2 Å². The third-order valence-corrected chi connectivity index (χ3v) is 2.96. The second-order valence-electron chi connectivity index (χ2n) is 5.13. The molecule has 0 aliphatic heterocycles. The lowest BCUT2D eigenvalue weighted by Gasteiger charge is -2.20. The lowest BCUT2D eigenvalue weighted by molar-refractivity contribution is -0.122. The van der Waals surface area contributed by atoms with Gasteiger partial charge in [-0.1, -0.05) is 13.8 Å². The Morgan fingerprint density at radius 1 is 1.44 bits per heavy atom. The van der Waals surface area contributed by atoms with Crippen molar-refractivity contribution in [1.29, 1.82) is 0 Å². The Hall–Kier alpha value is -0.650. The molecule has 0 radical (unpaired) electrons. The maximum absolute atomic E-state index is 11.6. The molecule has 0 saturated carbocycles. The van der Waals surface area contributed by atoms with Gasteiger partial charge in [0.2, 0.25) is 5.91 Å². The van der Waals surface area contributed by atoms with E-state index in [9.17, 15) is 4.79 Å². The summed E-state index contributed by atoms with van der Waals surface area (Å²) in [5.41, 5.74) is 5.97. The van der Waals surface area contributed by atoms with Crippen molar-refractivity contribution < 1.29 is 9.53 Å². The highest BCUT2D eigenvalue weighted by Crippen LogP contribution is 2.03. The quantitative estimate of drug-likeness (QED) is 0.559. The molecule has 0 aromatic heterocycles. The maximum Gasteiger partial charge on any atom is 0.234 e. The molecule has 108 valence electrons. The molecule has 18 heavy (non-hydrogen) atoms. The topological polar surface area (TPSA) is 67.6 Å². The summed E-state index contributed by atoms with van der Waals surface area (Å²) in [6.07, 6.45) is 1.77. The van der Waals surface area contributed by atoms with Crippen LogP contribution in [0.4, 0.5) is 0 Å². The number of amides is 1. The van der Waals surface area contributed by atoms with Gasteiger partial charge in [0.25, 0.3) is 0 Å². The molecule has 3 N–H and O–H groups in total. The Bertz CT molecular complexity index is 222. The minimum absolute atomic E-state index is 0.0618. The van der Waals surface area contributed by atoms with Crippen LogP contribution < -0.4 is 11.1 Å². The van der Waals surface area contributed by atoms with E-state index in [1.807, 2.05) is 11.9 Å². The second-order valence-corrected chi connectivity index (χ2v) is 5.13. The van der Waals surface area contributed by atoms with Gasteiger partial charge in [-0.25, -0.2) is 0 Å². The molecule has 1 amide bonds. The van der Waals surface area contributed by atoms with Gasteiger partial charge < -0.3 is 15.8 Å². The van der Waals surface area contributed by atoms with Gasteiger partial charge in [-0.3, -0.25) is 9.69 Å². The molecular formula is C13H29N3O2. The summed E-state index contributed by atoms with van der Waals surface area (Å²) in [4.78, 5) is 13.6. The highest BCUT2D eigenvalue weighted by atomic mass is 16.5. The summed E-state index contributed by atoms with van der Waals surface area (Å²) in [6.45, 7) is 6.87. The van der Waals surface area contributed by atoms with Crippen LogP contribution in [0.15, 0.2) is 0 Å². The van der Waals surface area contributed by atoms with Crippen LogP contribution in [0.1, 0.15) is 26.7 Å². The molecule has 1 atom stereocenters. The van der Waals surface area contributed by atoms with E-state index in [0.29, 0.717) is 25.6 Å². The van der Waals surface area contributed by atoms with Gasteiger partial charge in [-0.05, 0) is 32.4 Å². The van der Waals surface area contributed by atoms with Crippen LogP contribution in [0.2, 0.25) is 0 Å². The molecule has 0 aromatic carbocycles. The Kier molecular flexibility index (Phi) is 9.92. The largest absolute Gasteiger partial charge is 0.385 e. The van der Waals surface area contributed by atoms with Gasteiger partial charge in [0.05, 0.1) is 6.54 Å². The summed E-state index contributed by atoms with van der Waals surface area (Å²) in [5.74, 6) is 0.549. The van der Waals surface area contributed by atoms with Crippen LogP contribution in [0.25, 0.3) is 0 Å². The zero-order valence-corrected chi connectivity index (χ0v) is 12.2. The number of carbonyl (C=O) groups is 1. The average molecular weight is 259 g/mol. The van der Waals surface area contributed by atoms with Crippen LogP contribution in [0.5, 0.6) is 0 Å². The molecule has 0 aliphatic rings. The van der Waals surface area contributed by atoms with E-state index in [4.69, 9.17) is 10.5 Å². The molecule has 1 unspecified atom stereocenters. The van der Waals surface area contributed by atoms with Crippen LogP contribution in [0.3, 0.4) is 0 Å². The minimum Gasteiger partial charge on any atom is -0.385 e. The van der Waals surface area contributed by atoms with Gasteiger partial charge in [0, 0.05) is 26.3 Å². The molecule has 0 saturated heterocycles. The number of hydrogen-bond acceptors (Lipinski definition) is 4. The highest BCUT2D eigenvalue weighted by Gasteiger charge is 2.10. The maximum atomic E-state index is 11.6. The summed E-state index contributed by atoms with van der Waals surface area (Å²) in [5, 5.41) is 2.87. The van der Waals surface area contributed by atoms with Crippen LogP contribution in [0, 0.1) is 5.92 Å². The number of ether oxygens (including phenoxy) is 1. The van der Waals surface area contributed by atoms with Crippen LogP contribution in [-0.4, -0.2) is 57.2 Å². The number of nitrogens with zero attached hydrogens (tertiary/aromatic N) is 1. The summed E-state index contributed by atoms with van der Waals surface area (Å²) < 4.78 is 4.92. The standard InChI is InChI=1S/C13H29N3O2/c1-11(2)12(14)6-8-16(3)10-13(17)15-7-5-9-18-4/h11-12H,5-10,14H2,1-4H3,(H,15,17). The number of likely N-dealkylation sites (N-methyl/N-ethyl adjacent to an activating group) is 1. The predicted octanol–water partition coefficient (Wildman–Crippen LogP) is 0.444. The zero-order valence-electron chi connectivity index (χ0n) is 12.2. The zero-order chi connectivity index (χ0) is 14.0. The number of hydrogen-bond donors (Lipinski definition) is 2. The molecule has 5 nitrogen and oxygen atoms in total. The number of nitrogens with two attached hydrogens (primary N) is 1. The lowest BCUT2D eigenvalue weighted by atomic mass is 10.0. The monoisotopic (exact) mass is 259 g/mol. The van der Waals surface area contributed by atoms with E-state index in [1.54, 1.807) is 7.11 Å². The van der Waals surface area contributed by atoms with Gasteiger partial charge in [0.1, 0.15) is 0 Å². The first-order valence-electron chi connectivity index (χ1n) is 6.67. The fourth-order valence-corrected chi connectivity index (χ4v) is 1.53. The molecule has 0 spiro atoms. The van der Waals surface area contributed by atoms with Gasteiger partial charge in [-0.2, -0.15) is 0 Å². The Morgan fingerprint density at radius 3 is 2.67 bits per heavy atom. The van der Waals surface area contributed by atoms with Crippen molar-refractivity contribution >= 4 is 5.91 Å². The highest BCUT2D eigenvalue weighted by molar-refractivity contribution is 5.77. The third kappa shape index (κ3) is 9.39. The Balaban J connectivity index is 3.61. The first-order valence-corrected chi connectivity index (χ1v) is 6.67. The molecule has 0 heterocycles. The average Bonchev–Trinajstić information content (AvgIpc) is 2.31. The SMILES string of the molecule is COCCCNC(=O)CN(C)CCC(N)C(C)C. The fourth-order valence-electron chi connectivity index (χ4n) is 1.53. The summed E-state index contributed by atoms with van der Waals surface area (Å²) in [7, 11) is 3.61. The Labute approximate surface area is 111 Å². The number of nitrogens with one attached hydrogen (secondary N) is 1. The van der Waals surface area contributed by atoms with Gasteiger partial charge in [-0.15, -0.1) is 0 Å². The molecule has 0 fully saturated rings. The van der Waals surface area contributed by atoms with E-state index in [-0.39, 0.29) is 11.9 Å². The van der Waals surface area contributed by atoms with E-state index < -0.39 is 0 Å². The first-order chi connectivity index (χ1) is 8.47. The van der Waals surface area contributed by atoms with E-state index >= 15 is 0 Å². The fraction of sp³-hybridized carbons (Fsp3) is 0.923. The molecule has 0 aliphatic carbocycles. The molecule has 5 heteroatoms. The lowest BCUT2D eigenvalue weighted by Crippen LogP contribution is -2.38. The molecular weight excluding hydrogens is 230 g/mol. The van der Waals surface area contributed by atoms with E-state index in [0.717, 1.165) is 19.4 Å². The van der Waals surface area contributed by atoms with E-state index in [2.05, 4.69) is 19.2 Å². The normalized spacial score (nSPS) is 13.1. The molecule has 0 bridgehead atoms. The van der Waals surface area contributed by atoms with Crippen LogP contribution >= 0.6 is 0 Å². The van der Waals surface area contributed by atoms with Crippen molar-refractivity contribution in [3.63, 3.8) is 0 Å². The van der Waals surface area contributed by atoms with Crippen molar-refractivity contribution in [2.75, 3.05) is 40.4 Å². The predicted molar refractivity (Wildman–Crippen MR) is 74.4 cm³/mol. The van der Waals surface area contributed by atoms with Crippen molar-refractivity contribution in [3.05, 3.63) is 0 Å². The minimum atomic E-state index is 0.0618. The van der Waals surface area contributed by atoms with Crippen molar-refractivity contribution in [3.8, 4) is 0 Å². The van der Waals surface area contributed by atoms with Crippen molar-refractivity contribution in [2.45, 2.75) is 32.7 Å². The summed E-state index contributed by atoms with van der Waals surface area (Å²) in [6, 6.07) is 0.206. The third-order valence-electron chi connectivity index (χ3n) is 2.96. The molecule has 0 rings (SSSR count). The van der Waals surface area contributed by atoms with Crippen molar-refractivity contribution in [2.24, 2.45) is 11.7 Å². The number of carbonyl (C=O) groups excluding carboxylic acids is 1. The smallest absolute Gasteiger partial charge is 0.234 e. The molecule has 0 aromatic rings. The summed E-state index contributed by atoms with van der Waals surface area (Å²) >= 11 is 0. The number of methoxy groups -OCH3 is 1. The van der Waals surface area contributed by atoms with E-state index in [1.165, 1.54) is 0 Å². The first kappa shape index (κ1) is 17.4. The number of rotatable bonds is 10. The Morgan fingerprint density at radius 2 is 2.11 bits per heavy atom. The van der Waals surface area contributed by atoms with Gasteiger partial charge in [0.15, 0.2) is 0 Å².